The summed E-state index contributed by atoms with van der Waals surface area (Å²) in [5, 5.41) is 199. The van der Waals surface area contributed by atoms with Crippen LogP contribution in [0.15, 0.2) is 11.6 Å². The van der Waals surface area contributed by atoms with Crippen molar-refractivity contribution in [1.82, 2.24) is 0 Å². The number of ether oxygens (including phenoxy) is 12. The maximum absolute atomic E-state index is 15.5. The standard InChI is InChI=1S/C63H102O31/c1-23-34(70)38(74)42(78)53(86-23)91-47-32(89-51-41(77)35(71)29(68)19-83-51)21-85-52(45(47)81)90-46-24(2)87-54(44(80)40(46)76)92-48-36(72)30(69)20-84-56(48)94-57(82)63-13-11-58(3,4)15-26(63)25-9-10-33-59(5)16-28(67)50(93-55-43(79)39(75)37(73)31(18-64)88-55)60(6,22-65)49(59)27(66)17-62(33,8)61(25,7)12-14-63/h9,23-24,26-56,64-81H,10-22H2,1-8H3/t23-,24+,26+,27-,28-,29-,30+,31-,32-,33?,34-,35+,36+,37-,38+,39+,40+,41-,42+,43-,44-,45-,46+,47+,48-,49?,50-,51+,52+,53-,54+,55+,56+,59-,60+,61-,62-,63+/m1/s1. The summed E-state index contributed by atoms with van der Waals surface area (Å²) in [6, 6.07) is 0. The van der Waals surface area contributed by atoms with Crippen molar-refractivity contribution in [2.45, 2.75) is 291 Å². The molecule has 18 N–H and O–H groups in total. The lowest BCUT2D eigenvalue weighted by atomic mass is 9.33. The number of carbonyl (C=O) groups is 1. The summed E-state index contributed by atoms with van der Waals surface area (Å²) in [7, 11) is 0. The molecular formula is C63H102O31. The Bertz CT molecular complexity index is 2660. The summed E-state index contributed by atoms with van der Waals surface area (Å²) < 4.78 is 71.5. The van der Waals surface area contributed by atoms with Gasteiger partial charge >= 0.3 is 5.97 Å². The van der Waals surface area contributed by atoms with Crippen molar-refractivity contribution in [3.05, 3.63) is 11.6 Å². The first-order chi connectivity index (χ1) is 44.0. The Morgan fingerprint density at radius 3 is 1.71 bits per heavy atom. The van der Waals surface area contributed by atoms with E-state index in [1.165, 1.54) is 13.8 Å². The number of rotatable bonds is 14. The number of fused-ring (bicyclic) bond motifs is 7. The molecular weight excluding hydrogens is 1250 g/mol. The zero-order valence-corrected chi connectivity index (χ0v) is 54.2. The van der Waals surface area contributed by atoms with Gasteiger partial charge in [0.1, 0.15) is 110 Å². The number of carbonyl (C=O) groups excluding carboxylic acids is 1. The molecule has 0 aromatic heterocycles. The average Bonchev–Trinajstić information content (AvgIpc) is 0.669. The van der Waals surface area contributed by atoms with Crippen LogP contribution < -0.4 is 0 Å². The molecule has 0 aromatic rings. The number of allylic oxidation sites excluding steroid dienone is 2. The molecule has 4 saturated carbocycles. The predicted octanol–water partition coefficient (Wildman–Crippen LogP) is -5.50. The smallest absolute Gasteiger partial charge is 0.315 e. The minimum atomic E-state index is -2.03. The van der Waals surface area contributed by atoms with Crippen molar-refractivity contribution >= 4 is 5.97 Å². The number of hydrogen-bond acceptors (Lipinski definition) is 31. The van der Waals surface area contributed by atoms with Crippen molar-refractivity contribution in [3.8, 4) is 0 Å². The minimum Gasteiger partial charge on any atom is -0.432 e. The van der Waals surface area contributed by atoms with Gasteiger partial charge in [-0.3, -0.25) is 4.79 Å². The van der Waals surface area contributed by atoms with Crippen molar-refractivity contribution < 1.29 is 154 Å². The van der Waals surface area contributed by atoms with Crippen LogP contribution in [0.4, 0.5) is 0 Å². The van der Waals surface area contributed by atoms with Crippen LogP contribution in [0.5, 0.6) is 0 Å². The van der Waals surface area contributed by atoms with Gasteiger partial charge in [0, 0.05) is 11.3 Å². The maximum Gasteiger partial charge on any atom is 0.315 e. The normalized spacial score (nSPS) is 56.1. The van der Waals surface area contributed by atoms with E-state index >= 15 is 4.79 Å². The Morgan fingerprint density at radius 1 is 0.500 bits per heavy atom. The Morgan fingerprint density at radius 2 is 1.05 bits per heavy atom. The number of aliphatic hydroxyl groups is 18. The average molecular weight is 1360 g/mol. The topological polar surface area (TPSA) is 492 Å². The molecule has 5 aliphatic carbocycles. The quantitative estimate of drug-likeness (QED) is 0.0438. The van der Waals surface area contributed by atoms with Crippen LogP contribution in [0, 0.1) is 50.2 Å². The van der Waals surface area contributed by atoms with Gasteiger partial charge in [-0.1, -0.05) is 53.2 Å². The largest absolute Gasteiger partial charge is 0.432 e. The fourth-order valence-corrected chi connectivity index (χ4v) is 18.8. The molecule has 31 heteroatoms. The van der Waals surface area contributed by atoms with Gasteiger partial charge in [-0.15, -0.1) is 0 Å². The van der Waals surface area contributed by atoms with Gasteiger partial charge in [0.25, 0.3) is 0 Å². The lowest BCUT2D eigenvalue weighted by Gasteiger charge is -2.72. The molecule has 6 saturated heterocycles. The van der Waals surface area contributed by atoms with Crippen LogP contribution in [0.25, 0.3) is 0 Å². The fraction of sp³-hybridized carbons (Fsp3) is 0.952. The van der Waals surface area contributed by atoms with Crippen LogP contribution in [0.2, 0.25) is 0 Å². The molecule has 540 valence electrons. The molecule has 11 aliphatic rings. The lowest BCUT2D eigenvalue weighted by molar-refractivity contribution is -0.386. The molecule has 11 rings (SSSR count). The van der Waals surface area contributed by atoms with Gasteiger partial charge in [0.05, 0.1) is 69.0 Å². The van der Waals surface area contributed by atoms with Crippen molar-refractivity contribution in [3.63, 3.8) is 0 Å². The molecule has 6 aliphatic heterocycles. The van der Waals surface area contributed by atoms with E-state index in [0.29, 0.717) is 38.5 Å². The first-order valence-electron chi connectivity index (χ1n) is 33.1. The van der Waals surface area contributed by atoms with Crippen molar-refractivity contribution in [2.24, 2.45) is 50.2 Å². The number of aliphatic hydroxyl groups excluding tert-OH is 18. The van der Waals surface area contributed by atoms with Crippen LogP contribution >= 0.6 is 0 Å². The van der Waals surface area contributed by atoms with Gasteiger partial charge in [-0.05, 0) is 98.7 Å². The molecule has 0 bridgehead atoms. The third-order valence-electron chi connectivity index (χ3n) is 24.4. The van der Waals surface area contributed by atoms with E-state index in [4.69, 9.17) is 56.8 Å². The summed E-state index contributed by atoms with van der Waals surface area (Å²) in [5.74, 6) is -2.01. The van der Waals surface area contributed by atoms with Gasteiger partial charge in [-0.2, -0.15) is 0 Å². The van der Waals surface area contributed by atoms with Gasteiger partial charge in [-0.25, -0.2) is 0 Å². The summed E-state index contributed by atoms with van der Waals surface area (Å²) in [6.07, 6.45) is -43.4. The van der Waals surface area contributed by atoms with Gasteiger partial charge in [0.15, 0.2) is 37.6 Å². The van der Waals surface area contributed by atoms with E-state index in [2.05, 4.69) is 33.8 Å². The monoisotopic (exact) mass is 1350 g/mol. The predicted molar refractivity (Wildman–Crippen MR) is 311 cm³/mol. The molecule has 31 nitrogen and oxygen atoms in total. The summed E-state index contributed by atoms with van der Waals surface area (Å²) >= 11 is 0. The number of esters is 1. The van der Waals surface area contributed by atoms with E-state index in [-0.39, 0.29) is 24.2 Å². The zero-order chi connectivity index (χ0) is 68.6. The van der Waals surface area contributed by atoms with Crippen LogP contribution in [-0.2, 0) is 61.6 Å². The summed E-state index contributed by atoms with van der Waals surface area (Å²) in [6.45, 7) is 12.3. The van der Waals surface area contributed by atoms with Crippen LogP contribution in [0.1, 0.15) is 107 Å². The highest BCUT2D eigenvalue weighted by Crippen LogP contribution is 2.76. The molecule has 0 amide bonds. The molecule has 94 heavy (non-hydrogen) atoms. The van der Waals surface area contributed by atoms with Crippen LogP contribution in [-0.4, -0.2) is 315 Å². The lowest BCUT2D eigenvalue weighted by Crippen LogP contribution is -2.72. The first-order valence-corrected chi connectivity index (χ1v) is 33.1. The van der Waals surface area contributed by atoms with Crippen molar-refractivity contribution in [1.29, 1.82) is 0 Å². The van der Waals surface area contributed by atoms with E-state index in [0.717, 1.165) is 5.57 Å². The Labute approximate surface area is 543 Å². The van der Waals surface area contributed by atoms with E-state index in [1.54, 1.807) is 6.92 Å². The summed E-state index contributed by atoms with van der Waals surface area (Å²) in [4.78, 5) is 15.5. The molecule has 2 unspecified atom stereocenters. The SMILES string of the molecule is C[C@@H]1O[C@@H](O[C@H]2[C@H](OC(=O)[C@]34CCC(C)(C)C[C@H]3C3=CCC5[C@@]6(C)C[C@@H](O)[C@@H](O[C@@H]7O[C@H](CO)[C@@H](O)[C@H](O)[C@H]7O)[C@@](C)(CO)C6[C@H](O)C[C@@]5(C)[C@]3(C)CC4)OC[C@H](O)[C@@H]2O)[C@H](O)[C@H](O)[C@H]1O[C@@H]1OC[C@@H](O[C@@H]2OC[C@@H](O)[C@H](O)[C@H]2O)[C@H](O[C@H]2O[C@H](C)[C@@H](O)[C@H](O)[C@@H]2O)[C@H]1O. The second-order valence-electron chi connectivity index (χ2n) is 30.7. The minimum absolute atomic E-state index is 0.0866. The molecule has 6 heterocycles. The van der Waals surface area contributed by atoms with Gasteiger partial charge in [0.2, 0.25) is 6.29 Å². The molecule has 10 fully saturated rings. The Balaban J connectivity index is 0.794. The highest BCUT2D eigenvalue weighted by Gasteiger charge is 2.74. The molecule has 0 spiro atoms. The van der Waals surface area contributed by atoms with Crippen LogP contribution in [0.3, 0.4) is 0 Å². The third-order valence-corrected chi connectivity index (χ3v) is 24.4. The first kappa shape index (κ1) is 73.3. The highest BCUT2D eigenvalue weighted by molar-refractivity contribution is 5.79. The highest BCUT2D eigenvalue weighted by atomic mass is 16.8. The van der Waals surface area contributed by atoms with E-state index in [1.807, 2.05) is 6.92 Å². The Hall–Kier alpha value is -1.95. The Kier molecular flexibility index (Phi) is 21.1. The van der Waals surface area contributed by atoms with E-state index < -0.39 is 262 Å². The molecule has 0 radical (unpaired) electrons. The second-order valence-corrected chi connectivity index (χ2v) is 30.7. The number of hydrogen-bond donors (Lipinski definition) is 18. The molecule has 38 atom stereocenters. The van der Waals surface area contributed by atoms with Gasteiger partial charge < -0.3 is 149 Å². The zero-order valence-electron chi connectivity index (χ0n) is 54.2. The molecule has 0 aromatic carbocycles. The third kappa shape index (κ3) is 12.3. The second kappa shape index (κ2) is 27.1. The van der Waals surface area contributed by atoms with Crippen molar-refractivity contribution in [2.75, 3.05) is 33.0 Å². The fourth-order valence-electron chi connectivity index (χ4n) is 18.8. The maximum atomic E-state index is 15.5. The van der Waals surface area contributed by atoms with E-state index in [9.17, 15) is 91.9 Å². The summed E-state index contributed by atoms with van der Waals surface area (Å²) in [5.41, 5.74) is -4.02.